The van der Waals surface area contributed by atoms with E-state index < -0.39 is 0 Å². The van der Waals surface area contributed by atoms with Crippen LogP contribution in [0.2, 0.25) is 0 Å². The van der Waals surface area contributed by atoms with Gasteiger partial charge in [0.05, 0.1) is 5.56 Å². The van der Waals surface area contributed by atoms with Crippen molar-refractivity contribution >= 4 is 17.2 Å². The number of amides is 1. The van der Waals surface area contributed by atoms with Gasteiger partial charge in [0.25, 0.3) is 5.91 Å². The van der Waals surface area contributed by atoms with Crippen LogP contribution < -0.4 is 4.74 Å². The Morgan fingerprint density at radius 1 is 1.04 bits per heavy atom. The molecule has 1 amide bonds. The minimum absolute atomic E-state index is 0.0419. The molecule has 0 bridgehead atoms. The summed E-state index contributed by atoms with van der Waals surface area (Å²) in [6.45, 7) is 0.659. The third kappa shape index (κ3) is 3.74. The van der Waals surface area contributed by atoms with Gasteiger partial charge in [0.2, 0.25) is 0 Å². The van der Waals surface area contributed by atoms with Gasteiger partial charge in [-0.05, 0) is 59.5 Å². The molecule has 0 atom stereocenters. The molecule has 1 aliphatic carbocycles. The Kier molecular flexibility index (Phi) is 4.53. The van der Waals surface area contributed by atoms with E-state index in [1.807, 2.05) is 59.5 Å². The van der Waals surface area contributed by atoms with Crippen LogP contribution in [0.3, 0.4) is 0 Å². The van der Waals surface area contributed by atoms with Crippen LogP contribution in [0.1, 0.15) is 28.8 Å². The molecule has 4 heteroatoms. The highest BCUT2D eigenvalue weighted by atomic mass is 32.1. The lowest BCUT2D eigenvalue weighted by Crippen LogP contribution is -2.32. The van der Waals surface area contributed by atoms with Crippen LogP contribution in [-0.4, -0.2) is 16.8 Å². The number of nitrogens with zero attached hydrogens (tertiary/aromatic N) is 1. The van der Waals surface area contributed by atoms with Crippen molar-refractivity contribution in [1.82, 2.24) is 4.90 Å². The molecule has 126 valence electrons. The first-order chi connectivity index (χ1) is 12.3. The van der Waals surface area contributed by atoms with Crippen molar-refractivity contribution < 1.29 is 9.53 Å². The number of carbonyl (C=O) groups is 1. The van der Waals surface area contributed by atoms with Gasteiger partial charge in [-0.1, -0.05) is 30.3 Å². The number of hydrogen-bond donors (Lipinski definition) is 0. The van der Waals surface area contributed by atoms with Gasteiger partial charge in [0.1, 0.15) is 11.5 Å². The van der Waals surface area contributed by atoms with Crippen molar-refractivity contribution in [2.45, 2.75) is 25.4 Å². The molecule has 25 heavy (non-hydrogen) atoms. The van der Waals surface area contributed by atoms with Gasteiger partial charge in [-0.15, -0.1) is 0 Å². The van der Waals surface area contributed by atoms with E-state index in [4.69, 9.17) is 4.74 Å². The van der Waals surface area contributed by atoms with E-state index in [0.29, 0.717) is 23.9 Å². The van der Waals surface area contributed by atoms with Gasteiger partial charge in [0, 0.05) is 12.6 Å². The molecule has 0 spiro atoms. The second kappa shape index (κ2) is 7.11. The van der Waals surface area contributed by atoms with Crippen LogP contribution in [0.15, 0.2) is 71.4 Å². The molecule has 1 fully saturated rings. The Bertz CT molecular complexity index is 841. The zero-order chi connectivity index (χ0) is 17.1. The fourth-order valence-electron chi connectivity index (χ4n) is 2.83. The summed E-state index contributed by atoms with van der Waals surface area (Å²) in [6.07, 6.45) is 2.16. The third-order valence-corrected chi connectivity index (χ3v) is 5.00. The molecule has 0 saturated heterocycles. The van der Waals surface area contributed by atoms with Crippen molar-refractivity contribution in [2.75, 3.05) is 0 Å². The molecule has 4 rings (SSSR count). The highest BCUT2D eigenvalue weighted by molar-refractivity contribution is 7.07. The Morgan fingerprint density at radius 2 is 1.80 bits per heavy atom. The number of ether oxygens (including phenoxy) is 1. The van der Waals surface area contributed by atoms with Gasteiger partial charge < -0.3 is 9.64 Å². The molecule has 0 N–H and O–H groups in total. The maximum atomic E-state index is 13.2. The molecule has 1 aliphatic rings. The maximum Gasteiger partial charge on any atom is 0.258 e. The maximum absolute atomic E-state index is 13.2. The molecule has 1 aromatic heterocycles. The summed E-state index contributed by atoms with van der Waals surface area (Å²) in [5.74, 6) is 1.38. The van der Waals surface area contributed by atoms with Gasteiger partial charge in [-0.25, -0.2) is 0 Å². The first kappa shape index (κ1) is 15.9. The molecular formula is C21H19NO2S. The molecular weight excluding hydrogens is 330 g/mol. The monoisotopic (exact) mass is 349 g/mol. The van der Waals surface area contributed by atoms with E-state index in [-0.39, 0.29) is 5.91 Å². The topological polar surface area (TPSA) is 29.5 Å². The molecule has 3 nitrogen and oxygen atoms in total. The number of para-hydroxylation sites is 2. The smallest absolute Gasteiger partial charge is 0.258 e. The largest absolute Gasteiger partial charge is 0.457 e. The number of benzene rings is 2. The fraction of sp³-hybridized carbons (Fsp3) is 0.190. The summed E-state index contributed by atoms with van der Waals surface area (Å²) in [6, 6.07) is 19.5. The van der Waals surface area contributed by atoms with Crippen molar-refractivity contribution in [2.24, 2.45) is 0 Å². The van der Waals surface area contributed by atoms with Crippen LogP contribution >= 0.6 is 11.3 Å². The standard InChI is InChI=1S/C21H19NO2S/c23-21(22(17-10-11-17)14-16-12-13-25-15-16)19-8-4-5-9-20(19)24-18-6-2-1-3-7-18/h1-9,12-13,15,17H,10-11,14H2. The number of rotatable bonds is 6. The number of carbonyl (C=O) groups excluding carboxylic acids is 1. The summed E-state index contributed by atoms with van der Waals surface area (Å²) in [7, 11) is 0. The Morgan fingerprint density at radius 3 is 2.52 bits per heavy atom. The Balaban J connectivity index is 1.60. The van der Waals surface area contributed by atoms with Crippen molar-refractivity contribution in [3.63, 3.8) is 0 Å². The summed E-state index contributed by atoms with van der Waals surface area (Å²) in [5.41, 5.74) is 1.81. The predicted octanol–water partition coefficient (Wildman–Crippen LogP) is 5.35. The average molecular weight is 349 g/mol. The molecule has 0 radical (unpaired) electrons. The minimum Gasteiger partial charge on any atom is -0.457 e. The minimum atomic E-state index is 0.0419. The average Bonchev–Trinajstić information content (AvgIpc) is 3.36. The Hall–Kier alpha value is -2.59. The normalized spacial score (nSPS) is 13.4. The molecule has 3 aromatic rings. The second-order valence-corrected chi connectivity index (χ2v) is 6.99. The van der Waals surface area contributed by atoms with Gasteiger partial charge in [-0.2, -0.15) is 11.3 Å². The number of hydrogen-bond acceptors (Lipinski definition) is 3. The third-order valence-electron chi connectivity index (χ3n) is 4.27. The molecule has 1 heterocycles. The van der Waals surface area contributed by atoms with Gasteiger partial charge >= 0.3 is 0 Å². The highest BCUT2D eigenvalue weighted by Crippen LogP contribution is 2.33. The first-order valence-electron chi connectivity index (χ1n) is 8.45. The molecule has 0 aliphatic heterocycles. The highest BCUT2D eigenvalue weighted by Gasteiger charge is 2.34. The molecule has 0 unspecified atom stereocenters. The lowest BCUT2D eigenvalue weighted by Gasteiger charge is -2.23. The Labute approximate surface area is 151 Å². The van der Waals surface area contributed by atoms with E-state index in [0.717, 1.165) is 18.6 Å². The zero-order valence-corrected chi connectivity index (χ0v) is 14.6. The van der Waals surface area contributed by atoms with Crippen LogP contribution in [-0.2, 0) is 6.54 Å². The van der Waals surface area contributed by atoms with E-state index in [1.165, 1.54) is 5.56 Å². The predicted molar refractivity (Wildman–Crippen MR) is 100 cm³/mol. The summed E-state index contributed by atoms with van der Waals surface area (Å²) < 4.78 is 5.97. The SMILES string of the molecule is O=C(c1ccccc1Oc1ccccc1)N(Cc1ccsc1)C1CC1. The molecule has 2 aromatic carbocycles. The van der Waals surface area contributed by atoms with Gasteiger partial charge in [0.15, 0.2) is 0 Å². The zero-order valence-electron chi connectivity index (χ0n) is 13.8. The van der Waals surface area contributed by atoms with Crippen molar-refractivity contribution in [3.8, 4) is 11.5 Å². The van der Waals surface area contributed by atoms with Crippen LogP contribution in [0.25, 0.3) is 0 Å². The van der Waals surface area contributed by atoms with E-state index >= 15 is 0 Å². The lowest BCUT2D eigenvalue weighted by atomic mass is 10.1. The van der Waals surface area contributed by atoms with E-state index in [1.54, 1.807) is 11.3 Å². The fourth-order valence-corrected chi connectivity index (χ4v) is 3.49. The lowest BCUT2D eigenvalue weighted by molar-refractivity contribution is 0.0727. The summed E-state index contributed by atoms with van der Waals surface area (Å²) >= 11 is 1.66. The second-order valence-electron chi connectivity index (χ2n) is 6.21. The summed E-state index contributed by atoms with van der Waals surface area (Å²) in [4.78, 5) is 15.2. The number of thiophene rings is 1. The summed E-state index contributed by atoms with van der Waals surface area (Å²) in [5, 5.41) is 4.16. The van der Waals surface area contributed by atoms with Crippen molar-refractivity contribution in [1.29, 1.82) is 0 Å². The van der Waals surface area contributed by atoms with E-state index in [9.17, 15) is 4.79 Å². The van der Waals surface area contributed by atoms with Crippen LogP contribution in [0.4, 0.5) is 0 Å². The quantitative estimate of drug-likeness (QED) is 0.601. The van der Waals surface area contributed by atoms with Crippen molar-refractivity contribution in [3.05, 3.63) is 82.6 Å². The van der Waals surface area contributed by atoms with E-state index in [2.05, 4.69) is 16.8 Å². The molecule has 1 saturated carbocycles. The van der Waals surface area contributed by atoms with Gasteiger partial charge in [-0.3, -0.25) is 4.79 Å². The van der Waals surface area contributed by atoms with Crippen LogP contribution in [0.5, 0.6) is 11.5 Å². The first-order valence-corrected chi connectivity index (χ1v) is 9.39. The van der Waals surface area contributed by atoms with Crippen LogP contribution in [0, 0.1) is 0 Å².